The van der Waals surface area contributed by atoms with E-state index in [0.29, 0.717) is 5.69 Å². The summed E-state index contributed by atoms with van der Waals surface area (Å²) in [4.78, 5) is 38.3. The third-order valence-corrected chi connectivity index (χ3v) is 5.27. The number of anilines is 1. The molecule has 1 N–H and O–H groups in total. The van der Waals surface area contributed by atoms with Gasteiger partial charge in [-0.3, -0.25) is 19.3 Å². The first-order chi connectivity index (χ1) is 11.8. The molecule has 2 atom stereocenters. The summed E-state index contributed by atoms with van der Waals surface area (Å²) in [5.74, 6) is -1.09. The summed E-state index contributed by atoms with van der Waals surface area (Å²) in [6, 6.07) is 7.67. The zero-order valence-corrected chi connectivity index (χ0v) is 15.2. The second kappa shape index (κ2) is 6.62. The number of carbonyl (C=O) groups excluding carboxylic acids is 3. The minimum Gasteiger partial charge on any atom is -0.325 e. The molecule has 1 saturated carbocycles. The molecule has 0 radical (unpaired) electrons. The average Bonchev–Trinajstić information content (AvgIpc) is 2.80. The number of carbonyl (C=O) groups is 3. The van der Waals surface area contributed by atoms with E-state index in [1.165, 1.54) is 5.56 Å². The smallest absolute Gasteiger partial charge is 0.244 e. The van der Waals surface area contributed by atoms with Crippen LogP contribution in [0, 0.1) is 11.8 Å². The molecule has 0 bridgehead atoms. The quantitative estimate of drug-likeness (QED) is 0.859. The Labute approximate surface area is 148 Å². The van der Waals surface area contributed by atoms with Gasteiger partial charge in [0.2, 0.25) is 17.7 Å². The van der Waals surface area contributed by atoms with Crippen molar-refractivity contribution in [3.05, 3.63) is 29.8 Å². The Bertz CT molecular complexity index is 664. The Morgan fingerprint density at radius 3 is 2.04 bits per heavy atom. The summed E-state index contributed by atoms with van der Waals surface area (Å²) in [7, 11) is 0. The topological polar surface area (TPSA) is 66.5 Å². The largest absolute Gasteiger partial charge is 0.325 e. The maximum Gasteiger partial charge on any atom is 0.244 e. The van der Waals surface area contributed by atoms with Crippen LogP contribution in [0.5, 0.6) is 0 Å². The van der Waals surface area contributed by atoms with E-state index >= 15 is 0 Å². The molecular formula is C20H26N2O3. The lowest BCUT2D eigenvalue weighted by Crippen LogP contribution is -2.38. The Hall–Kier alpha value is -2.17. The van der Waals surface area contributed by atoms with Crippen molar-refractivity contribution in [3.63, 3.8) is 0 Å². The molecule has 3 rings (SSSR count). The van der Waals surface area contributed by atoms with Gasteiger partial charge in [-0.1, -0.05) is 45.7 Å². The lowest BCUT2D eigenvalue weighted by Gasteiger charge is -2.19. The lowest BCUT2D eigenvalue weighted by molar-refractivity contribution is -0.142. The van der Waals surface area contributed by atoms with Gasteiger partial charge in [0.25, 0.3) is 0 Å². The van der Waals surface area contributed by atoms with Crippen LogP contribution in [0.25, 0.3) is 0 Å². The first kappa shape index (κ1) is 17.6. The van der Waals surface area contributed by atoms with Crippen molar-refractivity contribution in [2.24, 2.45) is 11.8 Å². The van der Waals surface area contributed by atoms with E-state index in [2.05, 4.69) is 26.1 Å². The van der Waals surface area contributed by atoms with Gasteiger partial charge in [-0.2, -0.15) is 0 Å². The summed E-state index contributed by atoms with van der Waals surface area (Å²) in [5.41, 5.74) is 1.90. The molecule has 1 aromatic rings. The zero-order chi connectivity index (χ0) is 18.2. The minimum atomic E-state index is -0.330. The maximum absolute atomic E-state index is 12.4. The van der Waals surface area contributed by atoms with Crippen molar-refractivity contribution in [2.45, 2.75) is 51.9 Å². The summed E-state index contributed by atoms with van der Waals surface area (Å²) >= 11 is 0. The van der Waals surface area contributed by atoms with Crippen molar-refractivity contribution < 1.29 is 14.4 Å². The van der Waals surface area contributed by atoms with E-state index in [1.807, 2.05) is 24.3 Å². The molecule has 0 aromatic heterocycles. The zero-order valence-electron chi connectivity index (χ0n) is 15.2. The van der Waals surface area contributed by atoms with Gasteiger partial charge < -0.3 is 5.32 Å². The fraction of sp³-hybridized carbons (Fsp3) is 0.550. The van der Waals surface area contributed by atoms with E-state index in [0.717, 1.165) is 30.6 Å². The molecule has 3 amide bonds. The van der Waals surface area contributed by atoms with Crippen LogP contribution in [-0.2, 0) is 19.8 Å². The van der Waals surface area contributed by atoms with Crippen LogP contribution in [0.4, 0.5) is 5.69 Å². The van der Waals surface area contributed by atoms with Gasteiger partial charge in [0.15, 0.2) is 0 Å². The Morgan fingerprint density at radius 1 is 1.04 bits per heavy atom. The number of imide groups is 1. The van der Waals surface area contributed by atoms with Crippen LogP contribution in [0.15, 0.2) is 24.3 Å². The lowest BCUT2D eigenvalue weighted by atomic mass is 9.81. The van der Waals surface area contributed by atoms with E-state index in [-0.39, 0.29) is 41.5 Å². The van der Waals surface area contributed by atoms with E-state index in [1.54, 1.807) is 0 Å². The molecule has 1 aliphatic carbocycles. The third kappa shape index (κ3) is 3.60. The first-order valence-electron chi connectivity index (χ1n) is 9.03. The van der Waals surface area contributed by atoms with Crippen molar-refractivity contribution in [1.82, 2.24) is 4.90 Å². The highest BCUT2D eigenvalue weighted by molar-refractivity contribution is 6.08. The molecule has 5 nitrogen and oxygen atoms in total. The Kier molecular flexibility index (Phi) is 4.67. The predicted octanol–water partition coefficient (Wildman–Crippen LogP) is 3.10. The van der Waals surface area contributed by atoms with Crippen molar-refractivity contribution in [3.8, 4) is 0 Å². The molecule has 1 heterocycles. The summed E-state index contributed by atoms with van der Waals surface area (Å²) in [5, 5.41) is 2.78. The van der Waals surface area contributed by atoms with Gasteiger partial charge in [-0.25, -0.2) is 0 Å². The van der Waals surface area contributed by atoms with E-state index in [4.69, 9.17) is 0 Å². The summed E-state index contributed by atoms with van der Waals surface area (Å²) < 4.78 is 0. The molecule has 134 valence electrons. The number of rotatable bonds is 3. The van der Waals surface area contributed by atoms with Gasteiger partial charge in [-0.15, -0.1) is 0 Å². The molecule has 1 saturated heterocycles. The van der Waals surface area contributed by atoms with Crippen molar-refractivity contribution >= 4 is 23.4 Å². The number of hydrogen-bond donors (Lipinski definition) is 1. The Balaban J connectivity index is 1.63. The van der Waals surface area contributed by atoms with Gasteiger partial charge in [0.1, 0.15) is 6.54 Å². The van der Waals surface area contributed by atoms with Gasteiger partial charge in [0.05, 0.1) is 11.8 Å². The van der Waals surface area contributed by atoms with Crippen molar-refractivity contribution in [1.29, 1.82) is 0 Å². The fourth-order valence-electron chi connectivity index (χ4n) is 3.78. The molecule has 0 spiro atoms. The molecular weight excluding hydrogens is 316 g/mol. The molecule has 2 fully saturated rings. The SMILES string of the molecule is CC(C)(C)c1ccc(NC(=O)CN2C(=O)[C@H]3CCCC[C@H]3C2=O)cc1. The first-order valence-corrected chi connectivity index (χ1v) is 9.03. The molecule has 25 heavy (non-hydrogen) atoms. The number of nitrogens with one attached hydrogen (secondary N) is 1. The molecule has 2 aliphatic rings. The van der Waals surface area contributed by atoms with Crippen LogP contribution in [-0.4, -0.2) is 29.2 Å². The van der Waals surface area contributed by atoms with E-state index < -0.39 is 0 Å². The highest BCUT2D eigenvalue weighted by Crippen LogP contribution is 2.37. The van der Waals surface area contributed by atoms with Gasteiger partial charge in [-0.05, 0) is 36.0 Å². The second-order valence-corrected chi connectivity index (χ2v) is 8.14. The molecule has 0 unspecified atom stereocenters. The molecule has 1 aromatic carbocycles. The van der Waals surface area contributed by atoms with Crippen LogP contribution in [0.3, 0.4) is 0 Å². The normalized spacial score (nSPS) is 23.6. The number of hydrogen-bond acceptors (Lipinski definition) is 3. The number of benzene rings is 1. The maximum atomic E-state index is 12.4. The van der Waals surface area contributed by atoms with Crippen LogP contribution in [0.1, 0.15) is 52.0 Å². The number of nitrogens with zero attached hydrogens (tertiary/aromatic N) is 1. The fourth-order valence-corrected chi connectivity index (χ4v) is 3.78. The number of likely N-dealkylation sites (tertiary alicyclic amines) is 1. The monoisotopic (exact) mass is 342 g/mol. The van der Waals surface area contributed by atoms with Gasteiger partial charge >= 0.3 is 0 Å². The number of amides is 3. The highest BCUT2D eigenvalue weighted by Gasteiger charge is 2.48. The minimum absolute atomic E-state index is 0.0488. The highest BCUT2D eigenvalue weighted by atomic mass is 16.2. The third-order valence-electron chi connectivity index (χ3n) is 5.27. The van der Waals surface area contributed by atoms with Crippen LogP contribution < -0.4 is 5.32 Å². The van der Waals surface area contributed by atoms with E-state index in [9.17, 15) is 14.4 Å². The van der Waals surface area contributed by atoms with Crippen molar-refractivity contribution in [2.75, 3.05) is 11.9 Å². The standard InChI is InChI=1S/C20H26N2O3/c1-20(2,3)13-8-10-14(11-9-13)21-17(23)12-22-18(24)15-6-4-5-7-16(15)19(22)25/h8-11,15-16H,4-7,12H2,1-3H3,(H,21,23)/t15-,16+. The average molecular weight is 342 g/mol. The van der Waals surface area contributed by atoms with Crippen LogP contribution >= 0.6 is 0 Å². The predicted molar refractivity (Wildman–Crippen MR) is 95.9 cm³/mol. The Morgan fingerprint density at radius 2 is 1.56 bits per heavy atom. The molecule has 5 heteroatoms. The summed E-state index contributed by atoms with van der Waals surface area (Å²) in [6.45, 7) is 6.20. The second-order valence-electron chi connectivity index (χ2n) is 8.14. The summed E-state index contributed by atoms with van der Waals surface area (Å²) in [6.07, 6.45) is 3.50. The van der Waals surface area contributed by atoms with Gasteiger partial charge in [0, 0.05) is 5.69 Å². The van der Waals surface area contributed by atoms with Crippen LogP contribution in [0.2, 0.25) is 0 Å². The molecule has 1 aliphatic heterocycles. The number of fused-ring (bicyclic) bond motifs is 1.